The molecule has 3 fully saturated rings. The molecule has 0 spiro atoms. The second-order valence-electron chi connectivity index (χ2n) is 8.39. The summed E-state index contributed by atoms with van der Waals surface area (Å²) in [4.78, 5) is 18.6. The lowest BCUT2D eigenvalue weighted by Gasteiger charge is -2.39. The van der Waals surface area contributed by atoms with Gasteiger partial charge in [0.1, 0.15) is 0 Å². The second-order valence-corrected chi connectivity index (χ2v) is 10.4. The Kier molecular flexibility index (Phi) is 5.59. The number of aromatic nitrogens is 2. The van der Waals surface area contributed by atoms with Gasteiger partial charge in [0, 0.05) is 50.5 Å². The summed E-state index contributed by atoms with van der Waals surface area (Å²) in [6.45, 7) is 2.45. The highest BCUT2D eigenvalue weighted by atomic mass is 32.2. The standard InChI is InChI=1S/C18H29N5O4S/c1-28(25,26)23-8-6-14(7-9-23)17-20-16(27-21-17)10-13-11-22(12-13)18(24)19-15-4-2-3-5-15/h13-15H,2-12H2,1H3,(H,19,24). The maximum Gasteiger partial charge on any atom is 0.317 e. The van der Waals surface area contributed by atoms with Gasteiger partial charge in [-0.15, -0.1) is 0 Å². The van der Waals surface area contributed by atoms with Gasteiger partial charge in [0.05, 0.1) is 6.26 Å². The van der Waals surface area contributed by atoms with E-state index >= 15 is 0 Å². The Morgan fingerprint density at radius 2 is 1.86 bits per heavy atom. The molecule has 0 bridgehead atoms. The SMILES string of the molecule is CS(=O)(=O)N1CCC(c2noc(CC3CN(C(=O)NC4CCCC4)C3)n2)CC1. The average molecular weight is 412 g/mol. The summed E-state index contributed by atoms with van der Waals surface area (Å²) in [5, 5.41) is 7.23. The summed E-state index contributed by atoms with van der Waals surface area (Å²) in [6.07, 6.45) is 7.96. The molecule has 0 unspecified atom stereocenters. The highest BCUT2D eigenvalue weighted by molar-refractivity contribution is 7.88. The van der Waals surface area contributed by atoms with Gasteiger partial charge in [-0.2, -0.15) is 4.98 Å². The molecule has 0 aromatic carbocycles. The topological polar surface area (TPSA) is 109 Å². The van der Waals surface area contributed by atoms with Crippen molar-refractivity contribution < 1.29 is 17.7 Å². The van der Waals surface area contributed by atoms with Crippen LogP contribution in [-0.2, 0) is 16.4 Å². The van der Waals surface area contributed by atoms with E-state index in [1.807, 2.05) is 4.90 Å². The summed E-state index contributed by atoms with van der Waals surface area (Å²) in [5.41, 5.74) is 0. The summed E-state index contributed by atoms with van der Waals surface area (Å²) in [6, 6.07) is 0.395. The number of nitrogens with zero attached hydrogens (tertiary/aromatic N) is 4. The van der Waals surface area contributed by atoms with E-state index in [1.165, 1.54) is 23.4 Å². The van der Waals surface area contributed by atoms with Crippen molar-refractivity contribution in [3.8, 4) is 0 Å². The van der Waals surface area contributed by atoms with Crippen molar-refractivity contribution in [2.45, 2.75) is 56.9 Å². The molecule has 1 saturated carbocycles. The minimum atomic E-state index is -3.13. The molecule has 0 radical (unpaired) electrons. The normalized spacial score (nSPS) is 23.1. The number of carbonyl (C=O) groups excluding carboxylic acids is 1. The maximum absolute atomic E-state index is 12.2. The lowest BCUT2D eigenvalue weighted by atomic mass is 9.96. The molecule has 0 atom stereocenters. The van der Waals surface area contributed by atoms with Crippen LogP contribution < -0.4 is 5.32 Å². The molecule has 1 aromatic rings. The molecule has 1 aliphatic carbocycles. The zero-order chi connectivity index (χ0) is 19.7. The fraction of sp³-hybridized carbons (Fsp3) is 0.833. The fourth-order valence-corrected chi connectivity index (χ4v) is 5.28. The minimum Gasteiger partial charge on any atom is -0.339 e. The Morgan fingerprint density at radius 3 is 2.50 bits per heavy atom. The van der Waals surface area contributed by atoms with E-state index in [0.29, 0.717) is 56.0 Å². The number of carbonyl (C=O) groups is 1. The average Bonchev–Trinajstić information content (AvgIpc) is 3.29. The molecular weight excluding hydrogens is 382 g/mol. The van der Waals surface area contributed by atoms with Gasteiger partial charge in [0.2, 0.25) is 15.9 Å². The van der Waals surface area contributed by atoms with E-state index < -0.39 is 10.0 Å². The number of amides is 2. The van der Waals surface area contributed by atoms with Crippen molar-refractivity contribution in [2.75, 3.05) is 32.4 Å². The van der Waals surface area contributed by atoms with Crippen LogP contribution in [0.3, 0.4) is 0 Å². The number of nitrogens with one attached hydrogen (secondary N) is 1. The first-order chi connectivity index (χ1) is 13.4. The fourth-order valence-electron chi connectivity index (χ4n) is 4.41. The van der Waals surface area contributed by atoms with Gasteiger partial charge < -0.3 is 14.7 Å². The number of hydrogen-bond acceptors (Lipinski definition) is 6. The predicted octanol–water partition coefficient (Wildman–Crippen LogP) is 1.34. The van der Waals surface area contributed by atoms with Crippen LogP contribution in [0.2, 0.25) is 0 Å². The maximum atomic E-state index is 12.2. The van der Waals surface area contributed by atoms with Gasteiger partial charge in [0.25, 0.3) is 0 Å². The monoisotopic (exact) mass is 411 g/mol. The van der Waals surface area contributed by atoms with Crippen LogP contribution in [0.25, 0.3) is 0 Å². The third-order valence-corrected chi connectivity index (χ3v) is 7.47. The van der Waals surface area contributed by atoms with Crippen molar-refractivity contribution in [3.05, 3.63) is 11.7 Å². The molecule has 3 aliphatic rings. The first-order valence-electron chi connectivity index (χ1n) is 10.2. The van der Waals surface area contributed by atoms with Crippen molar-refractivity contribution in [1.82, 2.24) is 24.7 Å². The van der Waals surface area contributed by atoms with Gasteiger partial charge in [-0.25, -0.2) is 17.5 Å². The quantitative estimate of drug-likeness (QED) is 0.783. The molecule has 4 rings (SSSR count). The minimum absolute atomic E-state index is 0.0482. The number of sulfonamides is 1. The third kappa shape index (κ3) is 4.48. The van der Waals surface area contributed by atoms with E-state index in [9.17, 15) is 13.2 Å². The van der Waals surface area contributed by atoms with Crippen molar-refractivity contribution in [2.24, 2.45) is 5.92 Å². The van der Waals surface area contributed by atoms with Crippen molar-refractivity contribution in [3.63, 3.8) is 0 Å². The van der Waals surface area contributed by atoms with E-state index in [0.717, 1.165) is 25.9 Å². The Hall–Kier alpha value is -1.68. The Bertz CT molecular complexity index is 791. The van der Waals surface area contributed by atoms with Gasteiger partial charge in [-0.05, 0) is 25.7 Å². The van der Waals surface area contributed by atoms with Crippen LogP contribution in [0, 0.1) is 5.92 Å². The smallest absolute Gasteiger partial charge is 0.317 e. The highest BCUT2D eigenvalue weighted by Gasteiger charge is 2.34. The van der Waals surface area contributed by atoms with E-state index in [4.69, 9.17) is 4.52 Å². The Balaban J connectivity index is 1.21. The molecule has 1 aromatic heterocycles. The molecular formula is C18H29N5O4S. The number of piperidine rings is 1. The van der Waals surface area contributed by atoms with Gasteiger partial charge >= 0.3 is 6.03 Å². The van der Waals surface area contributed by atoms with Crippen LogP contribution in [0.5, 0.6) is 0 Å². The second kappa shape index (κ2) is 7.98. The number of urea groups is 1. The van der Waals surface area contributed by atoms with Crippen LogP contribution in [0.1, 0.15) is 56.2 Å². The highest BCUT2D eigenvalue weighted by Crippen LogP contribution is 2.28. The lowest BCUT2D eigenvalue weighted by molar-refractivity contribution is 0.113. The number of rotatable bonds is 5. The zero-order valence-corrected chi connectivity index (χ0v) is 17.2. The molecule has 2 aliphatic heterocycles. The van der Waals surface area contributed by atoms with Crippen LogP contribution in [0.4, 0.5) is 4.79 Å². The summed E-state index contributed by atoms with van der Waals surface area (Å²) in [7, 11) is -3.13. The largest absolute Gasteiger partial charge is 0.339 e. The van der Waals surface area contributed by atoms with Gasteiger partial charge in [0.15, 0.2) is 5.82 Å². The van der Waals surface area contributed by atoms with E-state index in [-0.39, 0.29) is 11.9 Å². The first-order valence-corrected chi connectivity index (χ1v) is 12.1. The molecule has 9 nitrogen and oxygen atoms in total. The lowest BCUT2D eigenvalue weighted by Crippen LogP contribution is -2.55. The van der Waals surface area contributed by atoms with Crippen molar-refractivity contribution in [1.29, 1.82) is 0 Å². The summed E-state index contributed by atoms with van der Waals surface area (Å²) in [5.74, 6) is 1.79. The van der Waals surface area contributed by atoms with Gasteiger partial charge in [-0.1, -0.05) is 18.0 Å². The molecule has 3 heterocycles. The predicted molar refractivity (Wildman–Crippen MR) is 102 cm³/mol. The first kappa shape index (κ1) is 19.6. The van der Waals surface area contributed by atoms with Crippen LogP contribution in [0.15, 0.2) is 4.52 Å². The summed E-state index contributed by atoms with van der Waals surface area (Å²) < 4.78 is 30.1. The number of hydrogen-bond donors (Lipinski definition) is 1. The zero-order valence-electron chi connectivity index (χ0n) is 16.3. The Labute approximate surface area is 165 Å². The molecule has 2 amide bonds. The third-order valence-electron chi connectivity index (χ3n) is 6.16. The summed E-state index contributed by atoms with van der Waals surface area (Å²) >= 11 is 0. The molecule has 156 valence electrons. The van der Waals surface area contributed by atoms with E-state index in [2.05, 4.69) is 15.5 Å². The van der Waals surface area contributed by atoms with Gasteiger partial charge in [-0.3, -0.25) is 0 Å². The molecule has 28 heavy (non-hydrogen) atoms. The Morgan fingerprint density at radius 1 is 1.18 bits per heavy atom. The molecule has 10 heteroatoms. The molecule has 2 saturated heterocycles. The van der Waals surface area contributed by atoms with E-state index in [1.54, 1.807) is 0 Å². The molecule has 1 N–H and O–H groups in total. The van der Waals surface area contributed by atoms with Crippen molar-refractivity contribution >= 4 is 16.1 Å². The van der Waals surface area contributed by atoms with Crippen LogP contribution >= 0.6 is 0 Å². The van der Waals surface area contributed by atoms with Crippen LogP contribution in [-0.4, -0.2) is 72.3 Å². The number of likely N-dealkylation sites (tertiary alicyclic amines) is 1.